The van der Waals surface area contributed by atoms with E-state index in [1.807, 2.05) is 13.3 Å². The molecule has 0 amide bonds. The zero-order valence-electron chi connectivity index (χ0n) is 12.6. The summed E-state index contributed by atoms with van der Waals surface area (Å²) < 4.78 is 2.14. The first-order valence-corrected chi connectivity index (χ1v) is 6.75. The number of carbonyl (C=O) groups is 1. The molecule has 1 aliphatic heterocycles. The fraction of sp³-hybridized carbons (Fsp3) is 0.467. The van der Waals surface area contributed by atoms with Crippen LogP contribution in [0.25, 0.3) is 0 Å². The molecule has 0 saturated carbocycles. The molecule has 1 radical (unpaired) electrons. The van der Waals surface area contributed by atoms with Crippen LogP contribution in [0.4, 0.5) is 5.69 Å². The molecule has 1 heterocycles. The van der Waals surface area contributed by atoms with Crippen molar-refractivity contribution in [1.29, 1.82) is 0 Å². The van der Waals surface area contributed by atoms with Crippen molar-refractivity contribution in [3.05, 3.63) is 34.2 Å². The van der Waals surface area contributed by atoms with E-state index in [2.05, 4.69) is 48.7 Å². The van der Waals surface area contributed by atoms with E-state index in [1.54, 1.807) is 0 Å². The number of benzene rings is 1. The van der Waals surface area contributed by atoms with Gasteiger partial charge in [0.1, 0.15) is 0 Å². The molecule has 101 valence electrons. The third kappa shape index (κ3) is 2.52. The standard InChI is InChI=1S/C15H21NOP.Y/c1-8-9(2)11(4)14-13(10(8)3)12(17)7-15(5,6)16(14)18;/h7H,18H2,1-6H3;/q-1;. The molecule has 1 atom stereocenters. The van der Waals surface area contributed by atoms with E-state index in [4.69, 9.17) is 0 Å². The van der Waals surface area contributed by atoms with E-state index >= 15 is 0 Å². The third-order valence-electron chi connectivity index (χ3n) is 4.25. The molecule has 0 aromatic heterocycles. The smallest absolute Gasteiger partial charge is 0.0289 e. The normalized spacial score (nSPS) is 16.6. The molecule has 0 saturated heterocycles. The number of hydrogen-bond acceptors (Lipinski definition) is 2. The molecule has 1 aliphatic rings. The van der Waals surface area contributed by atoms with Crippen LogP contribution < -0.4 is 4.67 Å². The zero-order valence-corrected chi connectivity index (χ0v) is 16.6. The van der Waals surface area contributed by atoms with Gasteiger partial charge in [-0.25, -0.2) is 0 Å². The van der Waals surface area contributed by atoms with Crippen molar-refractivity contribution >= 4 is 20.9 Å². The first kappa shape index (κ1) is 17.1. The Hall–Kier alpha value is 0.0939. The second-order valence-corrected chi connectivity index (χ2v) is 6.27. The van der Waals surface area contributed by atoms with Crippen LogP contribution in [0.1, 0.15) is 46.5 Å². The number of nitrogens with zero attached hydrogens (tertiary/aromatic N) is 1. The zero-order chi connectivity index (χ0) is 13.8. The number of carbonyl (C=O) groups excluding carboxylic acids is 1. The fourth-order valence-corrected chi connectivity index (χ4v) is 3.04. The molecular formula is C15H21NOPY-. The van der Waals surface area contributed by atoms with Gasteiger partial charge in [-0.05, 0) is 52.5 Å². The number of ketones is 1. The van der Waals surface area contributed by atoms with Gasteiger partial charge in [-0.3, -0.25) is 0 Å². The first-order chi connectivity index (χ1) is 8.18. The molecule has 1 aromatic carbocycles. The molecule has 1 aromatic rings. The summed E-state index contributed by atoms with van der Waals surface area (Å²) in [5.74, 6) is 0.150. The van der Waals surface area contributed by atoms with E-state index in [0.29, 0.717) is 0 Å². The number of rotatable bonds is 0. The quantitative estimate of drug-likeness (QED) is 0.525. The van der Waals surface area contributed by atoms with Crippen LogP contribution in [-0.2, 0) is 32.7 Å². The van der Waals surface area contributed by atoms with Gasteiger partial charge in [-0.2, -0.15) is 6.42 Å². The molecule has 0 fully saturated rings. The van der Waals surface area contributed by atoms with Gasteiger partial charge in [0.25, 0.3) is 0 Å². The predicted octanol–water partition coefficient (Wildman–Crippen LogP) is 3.69. The maximum absolute atomic E-state index is 12.4. The Morgan fingerprint density at radius 2 is 1.47 bits per heavy atom. The Balaban J connectivity index is 0.00000180. The van der Waals surface area contributed by atoms with Crippen molar-refractivity contribution in [3.63, 3.8) is 0 Å². The van der Waals surface area contributed by atoms with E-state index in [0.717, 1.165) is 16.8 Å². The van der Waals surface area contributed by atoms with Crippen molar-refractivity contribution in [3.8, 4) is 0 Å². The van der Waals surface area contributed by atoms with E-state index in [1.165, 1.54) is 16.7 Å². The number of hydrogen-bond donors (Lipinski definition) is 0. The largest absolute Gasteiger partial charge is 0.378 e. The molecule has 2 nitrogen and oxygen atoms in total. The topological polar surface area (TPSA) is 20.3 Å². The monoisotopic (exact) mass is 351 g/mol. The van der Waals surface area contributed by atoms with Gasteiger partial charge >= 0.3 is 0 Å². The summed E-state index contributed by atoms with van der Waals surface area (Å²) in [5, 5.41) is 0. The Bertz CT molecular complexity index is 552. The van der Waals surface area contributed by atoms with Crippen LogP contribution in [0.3, 0.4) is 0 Å². The Morgan fingerprint density at radius 1 is 1.00 bits per heavy atom. The van der Waals surface area contributed by atoms with Crippen LogP contribution >= 0.6 is 9.39 Å². The average molecular weight is 351 g/mol. The molecule has 4 heteroatoms. The van der Waals surface area contributed by atoms with E-state index < -0.39 is 0 Å². The van der Waals surface area contributed by atoms with Gasteiger partial charge in [0.15, 0.2) is 0 Å². The van der Waals surface area contributed by atoms with Crippen molar-refractivity contribution < 1.29 is 37.5 Å². The number of fused-ring (bicyclic) bond motifs is 1. The van der Waals surface area contributed by atoms with Crippen LogP contribution in [0.5, 0.6) is 0 Å². The van der Waals surface area contributed by atoms with Crippen molar-refractivity contribution in [2.24, 2.45) is 0 Å². The first-order valence-electron chi connectivity index (χ1n) is 6.24. The van der Waals surface area contributed by atoms with Crippen molar-refractivity contribution in [2.75, 3.05) is 4.67 Å². The molecule has 1 unspecified atom stereocenters. The van der Waals surface area contributed by atoms with Gasteiger partial charge in [0.2, 0.25) is 0 Å². The van der Waals surface area contributed by atoms with Gasteiger partial charge in [-0.15, -0.1) is 11.1 Å². The molecule has 0 N–H and O–H groups in total. The Morgan fingerprint density at radius 3 is 2.00 bits per heavy atom. The van der Waals surface area contributed by atoms with Crippen LogP contribution in [0.2, 0.25) is 0 Å². The minimum Gasteiger partial charge on any atom is -0.378 e. The second-order valence-electron chi connectivity index (χ2n) is 5.76. The molecule has 19 heavy (non-hydrogen) atoms. The van der Waals surface area contributed by atoms with E-state index in [-0.39, 0.29) is 44.0 Å². The number of anilines is 1. The van der Waals surface area contributed by atoms with E-state index in [9.17, 15) is 4.79 Å². The minimum absolute atomic E-state index is 0. The summed E-state index contributed by atoms with van der Waals surface area (Å²) >= 11 is 0. The van der Waals surface area contributed by atoms with Gasteiger partial charge in [0.05, 0.1) is 0 Å². The van der Waals surface area contributed by atoms with Gasteiger partial charge < -0.3 is 9.46 Å². The van der Waals surface area contributed by atoms with Gasteiger partial charge in [-0.1, -0.05) is 26.3 Å². The summed E-state index contributed by atoms with van der Waals surface area (Å²) in [6, 6.07) is 0. The molecule has 0 bridgehead atoms. The van der Waals surface area contributed by atoms with Crippen LogP contribution in [0.15, 0.2) is 0 Å². The van der Waals surface area contributed by atoms with Crippen molar-refractivity contribution in [1.82, 2.24) is 0 Å². The van der Waals surface area contributed by atoms with Crippen LogP contribution in [-0.4, -0.2) is 11.3 Å². The molecule has 2 rings (SSSR count). The summed E-state index contributed by atoms with van der Waals surface area (Å²) in [7, 11) is 2.76. The summed E-state index contributed by atoms with van der Waals surface area (Å²) in [6.45, 7) is 12.5. The summed E-state index contributed by atoms with van der Waals surface area (Å²) in [6.07, 6.45) is 1.81. The SMILES string of the molecule is Cc1c(C)c(C)c2c(c1C)C(=O)[CH-]C(C)(C)N2P.[Y]. The van der Waals surface area contributed by atoms with Crippen LogP contribution in [0, 0.1) is 34.1 Å². The minimum atomic E-state index is -0.256. The Labute approximate surface area is 143 Å². The molecule has 0 spiro atoms. The average Bonchev–Trinajstić information content (AvgIpc) is 2.27. The predicted molar refractivity (Wildman–Crippen MR) is 80.3 cm³/mol. The van der Waals surface area contributed by atoms with Crippen molar-refractivity contribution in [2.45, 2.75) is 47.1 Å². The molecular weight excluding hydrogens is 330 g/mol. The third-order valence-corrected chi connectivity index (χ3v) is 5.17. The maximum Gasteiger partial charge on any atom is 0.0289 e. The second kappa shape index (κ2) is 5.47. The molecule has 0 aliphatic carbocycles. The fourth-order valence-electron chi connectivity index (χ4n) is 2.65. The summed E-state index contributed by atoms with van der Waals surface area (Å²) in [5.41, 5.74) is 6.50. The van der Waals surface area contributed by atoms with Gasteiger partial charge in [0, 0.05) is 38.5 Å². The summed E-state index contributed by atoms with van der Waals surface area (Å²) in [4.78, 5) is 12.4. The maximum atomic E-state index is 12.4. The Kier molecular flexibility index (Phi) is 4.93. The number of Topliss-reactive ketones (excluding diaryl/α,β-unsaturated/α-hetero) is 1.